The van der Waals surface area contributed by atoms with Crippen LogP contribution in [0.4, 0.5) is 10.1 Å². The number of piperazine rings is 1. The van der Waals surface area contributed by atoms with Crippen molar-refractivity contribution in [3.63, 3.8) is 0 Å². The number of para-hydroxylation sites is 1. The summed E-state index contributed by atoms with van der Waals surface area (Å²) in [6.07, 6.45) is 0. The van der Waals surface area contributed by atoms with Crippen molar-refractivity contribution in [2.45, 2.75) is 5.16 Å². The summed E-state index contributed by atoms with van der Waals surface area (Å²) in [5.41, 5.74) is 1.59. The molecule has 0 atom stereocenters. The maximum atomic E-state index is 14.0. The van der Waals surface area contributed by atoms with E-state index in [1.165, 1.54) is 23.5 Å². The van der Waals surface area contributed by atoms with Crippen molar-refractivity contribution < 1.29 is 9.18 Å². The summed E-state index contributed by atoms with van der Waals surface area (Å²) in [6, 6.07) is 16.7. The lowest BCUT2D eigenvalue weighted by molar-refractivity contribution is -0.128. The van der Waals surface area contributed by atoms with Gasteiger partial charge in [-0.3, -0.25) is 4.79 Å². The third-order valence-corrected chi connectivity index (χ3v) is 6.03. The summed E-state index contributed by atoms with van der Waals surface area (Å²) >= 11 is 1.33. The number of nitrogens with zero attached hydrogens (tertiary/aromatic N) is 5. The first-order valence-electron chi connectivity index (χ1n) is 9.48. The van der Waals surface area contributed by atoms with E-state index in [9.17, 15) is 9.18 Å². The number of anilines is 1. The predicted molar refractivity (Wildman–Crippen MR) is 112 cm³/mol. The van der Waals surface area contributed by atoms with Crippen LogP contribution in [0.1, 0.15) is 0 Å². The summed E-state index contributed by atoms with van der Waals surface area (Å²) in [6.45, 7) is 3.05. The molecule has 1 amide bonds. The Bertz CT molecular complexity index is 986. The van der Waals surface area contributed by atoms with Gasteiger partial charge in [0.2, 0.25) is 5.91 Å². The Morgan fingerprint density at radius 3 is 2.41 bits per heavy atom. The molecule has 1 aromatic heterocycles. The molecule has 0 spiro atoms. The highest BCUT2D eigenvalue weighted by molar-refractivity contribution is 7.99. The van der Waals surface area contributed by atoms with Gasteiger partial charge in [0, 0.05) is 38.9 Å². The van der Waals surface area contributed by atoms with Gasteiger partial charge in [0.25, 0.3) is 0 Å². The molecular weight excluding hydrogens is 389 g/mol. The second-order valence-electron chi connectivity index (χ2n) is 6.84. The van der Waals surface area contributed by atoms with Crippen molar-refractivity contribution in [1.29, 1.82) is 0 Å². The van der Waals surface area contributed by atoms with Crippen LogP contribution in [0, 0.1) is 5.82 Å². The number of carbonyl (C=O) groups excluding carboxylic acids is 1. The molecule has 0 aliphatic carbocycles. The first-order valence-corrected chi connectivity index (χ1v) is 10.5. The summed E-state index contributed by atoms with van der Waals surface area (Å²) in [5.74, 6) is 0.480. The molecule has 1 saturated heterocycles. The second kappa shape index (κ2) is 8.65. The van der Waals surface area contributed by atoms with E-state index in [4.69, 9.17) is 0 Å². The van der Waals surface area contributed by atoms with E-state index < -0.39 is 0 Å². The number of carbonyl (C=O) groups is 1. The molecule has 150 valence electrons. The third-order valence-electron chi connectivity index (χ3n) is 5.03. The van der Waals surface area contributed by atoms with Crippen molar-refractivity contribution in [2.24, 2.45) is 7.05 Å². The fourth-order valence-electron chi connectivity index (χ4n) is 3.39. The normalized spacial score (nSPS) is 14.3. The van der Waals surface area contributed by atoms with Gasteiger partial charge in [-0.15, -0.1) is 10.2 Å². The average molecular weight is 412 g/mol. The van der Waals surface area contributed by atoms with E-state index in [-0.39, 0.29) is 17.5 Å². The van der Waals surface area contributed by atoms with Crippen LogP contribution in [0.5, 0.6) is 0 Å². The number of hydrogen-bond acceptors (Lipinski definition) is 5. The summed E-state index contributed by atoms with van der Waals surface area (Å²) in [5, 5.41) is 8.83. The van der Waals surface area contributed by atoms with Crippen LogP contribution >= 0.6 is 11.8 Å². The van der Waals surface area contributed by atoms with Crippen LogP contribution in [0.2, 0.25) is 0 Å². The first-order chi connectivity index (χ1) is 14.1. The van der Waals surface area contributed by atoms with Crippen molar-refractivity contribution in [3.8, 4) is 11.4 Å². The molecule has 1 aliphatic rings. The van der Waals surface area contributed by atoms with Gasteiger partial charge in [-0.2, -0.15) is 0 Å². The van der Waals surface area contributed by atoms with Gasteiger partial charge < -0.3 is 14.4 Å². The number of benzene rings is 2. The van der Waals surface area contributed by atoms with Gasteiger partial charge in [0.15, 0.2) is 11.0 Å². The lowest BCUT2D eigenvalue weighted by atomic mass is 10.2. The lowest BCUT2D eigenvalue weighted by Crippen LogP contribution is -2.49. The molecule has 6 nitrogen and oxygen atoms in total. The topological polar surface area (TPSA) is 54.3 Å². The molecule has 0 radical (unpaired) electrons. The first kappa shape index (κ1) is 19.4. The quantitative estimate of drug-likeness (QED) is 0.604. The van der Waals surface area contributed by atoms with Crippen molar-refractivity contribution in [3.05, 3.63) is 60.4 Å². The highest BCUT2D eigenvalue weighted by atomic mass is 32.2. The Labute approximate surface area is 173 Å². The zero-order valence-corrected chi connectivity index (χ0v) is 17.0. The Morgan fingerprint density at radius 2 is 1.69 bits per heavy atom. The van der Waals surface area contributed by atoms with Gasteiger partial charge >= 0.3 is 0 Å². The minimum Gasteiger partial charge on any atom is -0.368 e. The predicted octanol–water partition coefficient (Wildman–Crippen LogP) is 3.06. The van der Waals surface area contributed by atoms with Crippen LogP contribution in [0.25, 0.3) is 11.4 Å². The van der Waals surface area contributed by atoms with Crippen molar-refractivity contribution in [2.75, 3.05) is 36.8 Å². The third kappa shape index (κ3) is 4.27. The Kier molecular flexibility index (Phi) is 5.80. The van der Waals surface area contributed by atoms with Crippen LogP contribution in [-0.4, -0.2) is 57.5 Å². The van der Waals surface area contributed by atoms with E-state index in [1.807, 2.05) is 23.1 Å². The van der Waals surface area contributed by atoms with E-state index >= 15 is 0 Å². The zero-order chi connectivity index (χ0) is 20.2. The van der Waals surface area contributed by atoms with Gasteiger partial charge in [0.1, 0.15) is 5.82 Å². The van der Waals surface area contributed by atoms with Crippen molar-refractivity contribution >= 4 is 23.4 Å². The van der Waals surface area contributed by atoms with Gasteiger partial charge in [0.05, 0.1) is 11.3 Å². The van der Waals surface area contributed by atoms with Crippen molar-refractivity contribution in [1.82, 2.24) is 19.7 Å². The Hall–Kier alpha value is -2.87. The number of halogens is 1. The van der Waals surface area contributed by atoms with Crippen LogP contribution < -0.4 is 4.90 Å². The second-order valence-corrected chi connectivity index (χ2v) is 7.78. The number of aromatic nitrogens is 3. The minimum absolute atomic E-state index is 0.0816. The Balaban J connectivity index is 1.33. The number of thioether (sulfide) groups is 1. The molecule has 1 aliphatic heterocycles. The summed E-state index contributed by atoms with van der Waals surface area (Å²) in [4.78, 5) is 16.8. The van der Waals surface area contributed by atoms with E-state index in [2.05, 4.69) is 27.2 Å². The van der Waals surface area contributed by atoms with E-state index in [0.29, 0.717) is 29.6 Å². The van der Waals surface area contributed by atoms with Crippen LogP contribution in [0.3, 0.4) is 0 Å². The smallest absolute Gasteiger partial charge is 0.233 e. The molecule has 8 heteroatoms. The molecule has 0 saturated carbocycles. The largest absolute Gasteiger partial charge is 0.368 e. The molecule has 0 bridgehead atoms. The van der Waals surface area contributed by atoms with E-state index in [1.54, 1.807) is 29.8 Å². The average Bonchev–Trinajstić information content (AvgIpc) is 3.13. The molecule has 0 N–H and O–H groups in total. The molecule has 1 fully saturated rings. The lowest BCUT2D eigenvalue weighted by Gasteiger charge is -2.36. The van der Waals surface area contributed by atoms with Gasteiger partial charge in [-0.25, -0.2) is 4.39 Å². The standard InChI is InChI=1S/C21H22FN5OS/c1-25-20(17-9-5-6-10-18(17)22)23-24-21(25)29-15-19(28)27-13-11-26(12-14-27)16-7-3-2-4-8-16/h2-10H,11-15H2,1H3. The molecular formula is C21H22FN5OS. The summed E-state index contributed by atoms with van der Waals surface area (Å²) < 4.78 is 15.7. The minimum atomic E-state index is -0.341. The molecule has 29 heavy (non-hydrogen) atoms. The maximum Gasteiger partial charge on any atom is 0.233 e. The molecule has 3 aromatic rings. The number of rotatable bonds is 5. The number of amides is 1. The fourth-order valence-corrected chi connectivity index (χ4v) is 4.20. The van der Waals surface area contributed by atoms with Gasteiger partial charge in [-0.05, 0) is 24.3 Å². The monoisotopic (exact) mass is 411 g/mol. The number of hydrogen-bond donors (Lipinski definition) is 0. The maximum absolute atomic E-state index is 14.0. The van der Waals surface area contributed by atoms with E-state index in [0.717, 1.165) is 13.1 Å². The SMILES string of the molecule is Cn1c(SCC(=O)N2CCN(c3ccccc3)CC2)nnc1-c1ccccc1F. The summed E-state index contributed by atoms with van der Waals surface area (Å²) in [7, 11) is 1.78. The highest BCUT2D eigenvalue weighted by Crippen LogP contribution is 2.25. The molecule has 2 heterocycles. The molecule has 0 unspecified atom stereocenters. The van der Waals surface area contributed by atoms with Crippen LogP contribution in [-0.2, 0) is 11.8 Å². The highest BCUT2D eigenvalue weighted by Gasteiger charge is 2.22. The molecule has 2 aromatic carbocycles. The Morgan fingerprint density at radius 1 is 1.00 bits per heavy atom. The van der Waals surface area contributed by atoms with Crippen LogP contribution in [0.15, 0.2) is 59.8 Å². The fraction of sp³-hybridized carbons (Fsp3) is 0.286. The molecule has 4 rings (SSSR count). The van der Waals surface area contributed by atoms with Gasteiger partial charge in [-0.1, -0.05) is 42.1 Å². The zero-order valence-electron chi connectivity index (χ0n) is 16.2.